The number of anilines is 1. The predicted octanol–water partition coefficient (Wildman–Crippen LogP) is 3.92. The summed E-state index contributed by atoms with van der Waals surface area (Å²) in [6.45, 7) is 8.66. The number of fused-ring (bicyclic) bond motifs is 1. The summed E-state index contributed by atoms with van der Waals surface area (Å²) in [6.07, 6.45) is 1.09. The van der Waals surface area contributed by atoms with Crippen LogP contribution >= 0.6 is 11.8 Å². The first-order valence-corrected chi connectivity index (χ1v) is 8.25. The van der Waals surface area contributed by atoms with Gasteiger partial charge < -0.3 is 0 Å². The second kappa shape index (κ2) is 5.69. The molecule has 2 heterocycles. The SMILES string of the molecule is Cc1nc(SC#CN2c3ccccc3C(C)CC2(C)C)n[nH]1. The molecule has 0 amide bonds. The number of thioether (sulfide) groups is 1. The highest BCUT2D eigenvalue weighted by atomic mass is 32.2. The summed E-state index contributed by atoms with van der Waals surface area (Å²) in [5.41, 5.74) is 2.59. The number of para-hydroxylation sites is 1. The maximum Gasteiger partial charge on any atom is 0.221 e. The van der Waals surface area contributed by atoms with Crippen LogP contribution in [-0.4, -0.2) is 20.7 Å². The van der Waals surface area contributed by atoms with Crippen molar-refractivity contribution in [1.29, 1.82) is 0 Å². The third-order valence-corrected chi connectivity index (χ3v) is 4.55. The Kier molecular flexibility index (Phi) is 3.88. The number of aryl methyl sites for hydroxylation is 1. The molecule has 3 rings (SSSR count). The molecule has 1 aliphatic rings. The van der Waals surface area contributed by atoms with E-state index in [1.54, 1.807) is 0 Å². The average molecular weight is 312 g/mol. The van der Waals surface area contributed by atoms with Crippen molar-refractivity contribution >= 4 is 17.4 Å². The van der Waals surface area contributed by atoms with Gasteiger partial charge in [-0.2, -0.15) is 0 Å². The molecule has 0 saturated carbocycles. The first-order chi connectivity index (χ1) is 10.5. The van der Waals surface area contributed by atoms with E-state index >= 15 is 0 Å². The van der Waals surface area contributed by atoms with E-state index in [-0.39, 0.29) is 5.54 Å². The summed E-state index contributed by atoms with van der Waals surface area (Å²) < 4.78 is 0. The molecule has 114 valence electrons. The fraction of sp³-hybridized carbons (Fsp3) is 0.412. The molecular weight excluding hydrogens is 292 g/mol. The van der Waals surface area contributed by atoms with E-state index in [1.165, 1.54) is 23.0 Å². The first kappa shape index (κ1) is 15.0. The number of nitrogens with one attached hydrogen (secondary N) is 1. The van der Waals surface area contributed by atoms with Crippen LogP contribution in [0.25, 0.3) is 0 Å². The lowest BCUT2D eigenvalue weighted by molar-refractivity contribution is 0.411. The van der Waals surface area contributed by atoms with Crippen LogP contribution in [0.1, 0.15) is 44.5 Å². The molecule has 1 aliphatic heterocycles. The topological polar surface area (TPSA) is 44.8 Å². The Morgan fingerprint density at radius 2 is 2.14 bits per heavy atom. The van der Waals surface area contributed by atoms with Crippen molar-refractivity contribution in [3.8, 4) is 11.3 Å². The second-order valence-electron chi connectivity index (χ2n) is 6.33. The highest BCUT2D eigenvalue weighted by molar-refractivity contribution is 8.03. The van der Waals surface area contributed by atoms with Gasteiger partial charge in [-0.25, -0.2) is 4.98 Å². The van der Waals surface area contributed by atoms with Gasteiger partial charge in [0.15, 0.2) is 0 Å². The van der Waals surface area contributed by atoms with Gasteiger partial charge in [-0.3, -0.25) is 10.00 Å². The molecule has 1 aromatic heterocycles. The normalized spacial score (nSPS) is 19.3. The largest absolute Gasteiger partial charge is 0.295 e. The Hall–Kier alpha value is -1.93. The molecule has 0 bridgehead atoms. The Bertz CT molecular complexity index is 738. The molecule has 0 spiro atoms. The van der Waals surface area contributed by atoms with Gasteiger partial charge >= 0.3 is 0 Å². The van der Waals surface area contributed by atoms with Gasteiger partial charge in [-0.05, 0) is 50.0 Å². The lowest BCUT2D eigenvalue weighted by Gasteiger charge is -2.43. The van der Waals surface area contributed by atoms with Gasteiger partial charge in [-0.15, -0.1) is 5.10 Å². The Labute approximate surface area is 135 Å². The molecular formula is C17H20N4S. The molecule has 4 nitrogen and oxygen atoms in total. The van der Waals surface area contributed by atoms with Crippen LogP contribution < -0.4 is 4.90 Å². The maximum atomic E-state index is 4.26. The standard InChI is InChI=1S/C17H20N4S/c1-12-11-17(3,4)21(15-8-6-5-7-14(12)15)9-10-22-16-18-13(2)19-20-16/h5-8,12H,11H2,1-4H3,(H,18,19,20). The summed E-state index contributed by atoms with van der Waals surface area (Å²) in [5.74, 6) is 1.36. The van der Waals surface area contributed by atoms with Gasteiger partial charge in [0.1, 0.15) is 5.82 Å². The number of H-pyrrole nitrogens is 1. The van der Waals surface area contributed by atoms with Crippen LogP contribution in [0.3, 0.4) is 0 Å². The Morgan fingerprint density at radius 3 is 2.86 bits per heavy atom. The summed E-state index contributed by atoms with van der Waals surface area (Å²) in [4.78, 5) is 6.45. The average Bonchev–Trinajstić information content (AvgIpc) is 2.87. The zero-order valence-electron chi connectivity index (χ0n) is 13.3. The van der Waals surface area contributed by atoms with Crippen molar-refractivity contribution in [2.45, 2.75) is 50.7 Å². The minimum Gasteiger partial charge on any atom is -0.295 e. The first-order valence-electron chi connectivity index (χ1n) is 7.43. The van der Waals surface area contributed by atoms with E-state index in [9.17, 15) is 0 Å². The number of nitrogens with zero attached hydrogens (tertiary/aromatic N) is 3. The summed E-state index contributed by atoms with van der Waals surface area (Å²) >= 11 is 1.35. The molecule has 2 aromatic rings. The van der Waals surface area contributed by atoms with Crippen LogP contribution in [0.5, 0.6) is 0 Å². The molecule has 1 N–H and O–H groups in total. The van der Waals surface area contributed by atoms with E-state index in [0.29, 0.717) is 11.1 Å². The molecule has 0 radical (unpaired) electrons. The van der Waals surface area contributed by atoms with Crippen molar-refractivity contribution in [2.24, 2.45) is 0 Å². The van der Waals surface area contributed by atoms with Crippen molar-refractivity contribution in [3.63, 3.8) is 0 Å². The third-order valence-electron chi connectivity index (χ3n) is 4.00. The lowest BCUT2D eigenvalue weighted by Crippen LogP contribution is -2.45. The minimum absolute atomic E-state index is 0.0102. The zero-order valence-corrected chi connectivity index (χ0v) is 14.2. The molecule has 1 atom stereocenters. The molecule has 1 aromatic carbocycles. The van der Waals surface area contributed by atoms with Crippen LogP contribution in [0, 0.1) is 18.2 Å². The summed E-state index contributed by atoms with van der Waals surface area (Å²) in [6, 6.07) is 11.8. The number of rotatable bonds is 1. The molecule has 0 saturated heterocycles. The number of hydrogen-bond acceptors (Lipinski definition) is 4. The number of benzene rings is 1. The van der Waals surface area contributed by atoms with Crippen molar-refractivity contribution in [2.75, 3.05) is 4.90 Å². The smallest absolute Gasteiger partial charge is 0.221 e. The fourth-order valence-corrected chi connectivity index (χ4v) is 3.58. The van der Waals surface area contributed by atoms with Gasteiger partial charge in [0.25, 0.3) is 0 Å². The van der Waals surface area contributed by atoms with Crippen LogP contribution in [0.15, 0.2) is 29.4 Å². The molecule has 1 unspecified atom stereocenters. The molecule has 22 heavy (non-hydrogen) atoms. The van der Waals surface area contributed by atoms with Crippen LogP contribution in [-0.2, 0) is 0 Å². The van der Waals surface area contributed by atoms with Gasteiger partial charge in [-0.1, -0.05) is 25.1 Å². The van der Waals surface area contributed by atoms with Gasteiger partial charge in [0.2, 0.25) is 5.16 Å². The Balaban J connectivity index is 1.90. The number of aromatic amines is 1. The summed E-state index contributed by atoms with van der Waals surface area (Å²) in [5, 5.41) is 10.7. The van der Waals surface area contributed by atoms with Crippen molar-refractivity contribution < 1.29 is 0 Å². The molecule has 0 aliphatic carbocycles. The predicted molar refractivity (Wildman–Crippen MR) is 90.8 cm³/mol. The van der Waals surface area contributed by atoms with E-state index in [2.05, 4.69) is 76.4 Å². The minimum atomic E-state index is 0.0102. The monoisotopic (exact) mass is 312 g/mol. The van der Waals surface area contributed by atoms with E-state index in [0.717, 1.165) is 12.2 Å². The van der Waals surface area contributed by atoms with E-state index in [4.69, 9.17) is 0 Å². The van der Waals surface area contributed by atoms with Gasteiger partial charge in [0.05, 0.1) is 5.69 Å². The van der Waals surface area contributed by atoms with Gasteiger partial charge in [0, 0.05) is 23.3 Å². The quantitative estimate of drug-likeness (QED) is 0.640. The fourth-order valence-electron chi connectivity index (χ4n) is 3.08. The number of aromatic nitrogens is 3. The highest BCUT2D eigenvalue weighted by Gasteiger charge is 2.35. The van der Waals surface area contributed by atoms with Crippen LogP contribution in [0.4, 0.5) is 5.69 Å². The van der Waals surface area contributed by atoms with Crippen LogP contribution in [0.2, 0.25) is 0 Å². The zero-order chi connectivity index (χ0) is 15.7. The maximum absolute atomic E-state index is 4.26. The second-order valence-corrected chi connectivity index (χ2v) is 7.10. The van der Waals surface area contributed by atoms with E-state index < -0.39 is 0 Å². The Morgan fingerprint density at radius 1 is 1.36 bits per heavy atom. The van der Waals surface area contributed by atoms with Crippen molar-refractivity contribution in [1.82, 2.24) is 15.2 Å². The number of hydrogen-bond donors (Lipinski definition) is 1. The third kappa shape index (κ3) is 2.84. The summed E-state index contributed by atoms with van der Waals surface area (Å²) in [7, 11) is 0. The highest BCUT2D eigenvalue weighted by Crippen LogP contribution is 2.42. The molecule has 5 heteroatoms. The van der Waals surface area contributed by atoms with Crippen molar-refractivity contribution in [3.05, 3.63) is 35.7 Å². The molecule has 0 fully saturated rings. The lowest BCUT2D eigenvalue weighted by atomic mass is 9.80. The van der Waals surface area contributed by atoms with E-state index in [1.807, 2.05) is 6.92 Å².